The normalized spacial score (nSPS) is 10.7. The summed E-state index contributed by atoms with van der Waals surface area (Å²) in [5.41, 5.74) is 0.579. The van der Waals surface area contributed by atoms with Crippen LogP contribution < -0.4 is 5.32 Å². The van der Waals surface area contributed by atoms with Crippen LogP contribution in [0.15, 0.2) is 52.4 Å². The maximum Gasteiger partial charge on any atom is 0.271 e. The van der Waals surface area contributed by atoms with Crippen molar-refractivity contribution in [2.45, 2.75) is 6.42 Å². The summed E-state index contributed by atoms with van der Waals surface area (Å²) in [7, 11) is 0. The number of para-hydroxylation sites is 1. The Kier molecular flexibility index (Phi) is 4.88. The van der Waals surface area contributed by atoms with Crippen LogP contribution in [0.1, 0.15) is 15.4 Å². The molecule has 0 saturated heterocycles. The van der Waals surface area contributed by atoms with Gasteiger partial charge in [0.1, 0.15) is 11.5 Å². The van der Waals surface area contributed by atoms with E-state index in [0.717, 1.165) is 10.2 Å². The van der Waals surface area contributed by atoms with Crippen molar-refractivity contribution in [3.05, 3.63) is 68.8 Å². The number of aromatic nitrogens is 2. The fourth-order valence-corrected chi connectivity index (χ4v) is 3.58. The van der Waals surface area contributed by atoms with E-state index in [1.54, 1.807) is 41.8 Å². The molecule has 3 aromatic rings. The van der Waals surface area contributed by atoms with E-state index in [4.69, 9.17) is 0 Å². The van der Waals surface area contributed by atoms with Crippen LogP contribution in [0.3, 0.4) is 0 Å². The van der Waals surface area contributed by atoms with E-state index < -0.39 is 0 Å². The van der Waals surface area contributed by atoms with Gasteiger partial charge in [-0.15, -0.1) is 11.3 Å². The molecule has 23 heavy (non-hydrogen) atoms. The van der Waals surface area contributed by atoms with Crippen LogP contribution in [-0.2, 0) is 6.42 Å². The molecule has 0 radical (unpaired) electrons. The van der Waals surface area contributed by atoms with Crippen LogP contribution >= 0.6 is 27.3 Å². The number of nitrogens with one attached hydrogen (secondary N) is 1. The van der Waals surface area contributed by atoms with Gasteiger partial charge in [0.05, 0.1) is 3.79 Å². The van der Waals surface area contributed by atoms with Gasteiger partial charge in [-0.2, -0.15) is 5.10 Å². The van der Waals surface area contributed by atoms with Crippen molar-refractivity contribution in [2.75, 3.05) is 6.54 Å². The van der Waals surface area contributed by atoms with Gasteiger partial charge >= 0.3 is 0 Å². The lowest BCUT2D eigenvalue weighted by Gasteiger charge is -2.03. The number of thiophene rings is 1. The third-order valence-corrected chi connectivity index (χ3v) is 4.89. The van der Waals surface area contributed by atoms with E-state index in [0.29, 0.717) is 12.2 Å². The van der Waals surface area contributed by atoms with Gasteiger partial charge in [0.2, 0.25) is 0 Å². The number of benzene rings is 1. The molecule has 2 aromatic heterocycles. The highest BCUT2D eigenvalue weighted by Gasteiger charge is 2.11. The third-order valence-electron chi connectivity index (χ3n) is 3.21. The Balaban J connectivity index is 1.61. The minimum absolute atomic E-state index is 0.264. The van der Waals surface area contributed by atoms with Gasteiger partial charge < -0.3 is 5.32 Å². The fraction of sp³-hybridized carbons (Fsp3) is 0.125. The van der Waals surface area contributed by atoms with Crippen LogP contribution in [-0.4, -0.2) is 22.2 Å². The summed E-state index contributed by atoms with van der Waals surface area (Å²) in [6.07, 6.45) is 2.33. The monoisotopic (exact) mass is 393 g/mol. The molecule has 1 aromatic carbocycles. The van der Waals surface area contributed by atoms with Crippen LogP contribution in [0.4, 0.5) is 4.39 Å². The number of halogens is 2. The number of rotatable bonds is 5. The van der Waals surface area contributed by atoms with Crippen molar-refractivity contribution in [2.24, 2.45) is 0 Å². The number of amides is 1. The van der Waals surface area contributed by atoms with Crippen LogP contribution in [0.25, 0.3) is 5.69 Å². The number of nitrogens with zero attached hydrogens (tertiary/aromatic N) is 2. The second-order valence-corrected chi connectivity index (χ2v) is 7.36. The third kappa shape index (κ3) is 3.86. The predicted molar refractivity (Wildman–Crippen MR) is 91.6 cm³/mol. The molecule has 0 aliphatic carbocycles. The number of carbonyl (C=O) groups excluding carboxylic acids is 1. The molecule has 0 saturated carbocycles. The van der Waals surface area contributed by atoms with E-state index in [2.05, 4.69) is 26.3 Å². The average molecular weight is 394 g/mol. The van der Waals surface area contributed by atoms with Gasteiger partial charge in [-0.05, 0) is 52.7 Å². The van der Waals surface area contributed by atoms with Crippen molar-refractivity contribution in [3.8, 4) is 5.69 Å². The summed E-state index contributed by atoms with van der Waals surface area (Å²) in [5, 5.41) is 6.95. The lowest BCUT2D eigenvalue weighted by molar-refractivity contribution is 0.0949. The smallest absolute Gasteiger partial charge is 0.271 e. The first kappa shape index (κ1) is 15.9. The summed E-state index contributed by atoms with van der Waals surface area (Å²) in [6, 6.07) is 11.9. The molecule has 0 fully saturated rings. The van der Waals surface area contributed by atoms with Crippen molar-refractivity contribution in [1.29, 1.82) is 0 Å². The summed E-state index contributed by atoms with van der Waals surface area (Å²) < 4.78 is 16.1. The van der Waals surface area contributed by atoms with Crippen LogP contribution in [0, 0.1) is 5.82 Å². The number of carbonyl (C=O) groups is 1. The fourth-order valence-electron chi connectivity index (χ4n) is 2.09. The molecular weight excluding hydrogens is 381 g/mol. The minimum Gasteiger partial charge on any atom is -0.350 e. The molecular formula is C16H13BrFN3OS. The zero-order chi connectivity index (χ0) is 16.2. The SMILES string of the molecule is O=C(NCCc1ccc(Br)s1)c1ccn(-c2ccccc2F)n1. The van der Waals surface area contributed by atoms with E-state index >= 15 is 0 Å². The van der Waals surface area contributed by atoms with Crippen molar-refractivity contribution < 1.29 is 9.18 Å². The Labute approximate surface area is 145 Å². The number of hydrogen-bond donors (Lipinski definition) is 1. The van der Waals surface area contributed by atoms with E-state index in [-0.39, 0.29) is 17.4 Å². The summed E-state index contributed by atoms with van der Waals surface area (Å²) in [5.74, 6) is -0.651. The largest absolute Gasteiger partial charge is 0.350 e. The molecule has 0 unspecified atom stereocenters. The van der Waals surface area contributed by atoms with Gasteiger partial charge in [0.25, 0.3) is 5.91 Å². The van der Waals surface area contributed by atoms with Gasteiger partial charge in [-0.1, -0.05) is 12.1 Å². The Hall–Kier alpha value is -1.99. The van der Waals surface area contributed by atoms with Crippen LogP contribution in [0.2, 0.25) is 0 Å². The van der Waals surface area contributed by atoms with Gasteiger partial charge in [0.15, 0.2) is 5.69 Å². The number of hydrogen-bond acceptors (Lipinski definition) is 3. The molecule has 2 heterocycles. The van der Waals surface area contributed by atoms with E-state index in [1.807, 2.05) is 12.1 Å². The van der Waals surface area contributed by atoms with E-state index in [1.165, 1.54) is 15.6 Å². The molecule has 118 valence electrons. The summed E-state index contributed by atoms with van der Waals surface area (Å²) in [4.78, 5) is 13.3. The second kappa shape index (κ2) is 7.06. The molecule has 4 nitrogen and oxygen atoms in total. The Morgan fingerprint density at radius 1 is 1.26 bits per heavy atom. The summed E-state index contributed by atoms with van der Waals surface area (Å²) >= 11 is 5.05. The van der Waals surface area contributed by atoms with E-state index in [9.17, 15) is 9.18 Å². The van der Waals surface area contributed by atoms with Gasteiger partial charge in [-0.25, -0.2) is 9.07 Å². The molecule has 1 N–H and O–H groups in total. The quantitative estimate of drug-likeness (QED) is 0.716. The molecule has 0 bridgehead atoms. The maximum absolute atomic E-state index is 13.7. The molecule has 7 heteroatoms. The zero-order valence-electron chi connectivity index (χ0n) is 12.0. The molecule has 0 atom stereocenters. The molecule has 0 aliphatic rings. The topological polar surface area (TPSA) is 46.9 Å². The lowest BCUT2D eigenvalue weighted by Crippen LogP contribution is -2.26. The molecule has 1 amide bonds. The zero-order valence-corrected chi connectivity index (χ0v) is 14.4. The first-order chi connectivity index (χ1) is 11.1. The van der Waals surface area contributed by atoms with Crippen LogP contribution in [0.5, 0.6) is 0 Å². The van der Waals surface area contributed by atoms with Gasteiger partial charge in [-0.3, -0.25) is 4.79 Å². The molecule has 3 rings (SSSR count). The van der Waals surface area contributed by atoms with Crippen molar-refractivity contribution in [3.63, 3.8) is 0 Å². The first-order valence-corrected chi connectivity index (χ1v) is 8.57. The molecule has 0 spiro atoms. The Morgan fingerprint density at radius 2 is 2.09 bits per heavy atom. The van der Waals surface area contributed by atoms with Crippen molar-refractivity contribution in [1.82, 2.24) is 15.1 Å². The maximum atomic E-state index is 13.7. The van der Waals surface area contributed by atoms with Gasteiger partial charge in [0, 0.05) is 17.6 Å². The standard InChI is InChI=1S/C16H13BrFN3OS/c17-15-6-5-11(23-15)7-9-19-16(22)13-8-10-21(20-13)14-4-2-1-3-12(14)18/h1-6,8,10H,7,9H2,(H,19,22). The average Bonchev–Trinajstić information content (AvgIpc) is 3.17. The first-order valence-electron chi connectivity index (χ1n) is 6.96. The Morgan fingerprint density at radius 3 is 2.83 bits per heavy atom. The predicted octanol–water partition coefficient (Wildman–Crippen LogP) is 3.81. The highest BCUT2D eigenvalue weighted by molar-refractivity contribution is 9.11. The minimum atomic E-state index is -0.383. The Bertz CT molecular complexity index is 830. The summed E-state index contributed by atoms with van der Waals surface area (Å²) in [6.45, 7) is 0.526. The highest BCUT2D eigenvalue weighted by atomic mass is 79.9. The second-order valence-electron chi connectivity index (χ2n) is 4.81. The highest BCUT2D eigenvalue weighted by Crippen LogP contribution is 2.22. The molecule has 0 aliphatic heterocycles. The lowest BCUT2D eigenvalue weighted by atomic mass is 10.3. The van der Waals surface area contributed by atoms with Crippen molar-refractivity contribution >= 4 is 33.2 Å².